The first-order valence-corrected chi connectivity index (χ1v) is 8.75. The summed E-state index contributed by atoms with van der Waals surface area (Å²) in [7, 11) is 0. The Morgan fingerprint density at radius 3 is 2.40 bits per heavy atom. The lowest BCUT2D eigenvalue weighted by molar-refractivity contribution is 0.744. The average molecular weight is 331 g/mol. The summed E-state index contributed by atoms with van der Waals surface area (Å²) in [5.41, 5.74) is 2.92. The summed E-state index contributed by atoms with van der Waals surface area (Å²) in [6, 6.07) is 16.4. The Kier molecular flexibility index (Phi) is 4.55. The molecule has 4 rings (SSSR count). The predicted molar refractivity (Wildman–Crippen MR) is 101 cm³/mol. The van der Waals surface area contributed by atoms with Crippen molar-refractivity contribution in [3.63, 3.8) is 0 Å². The highest BCUT2D eigenvalue weighted by atomic mass is 15.2. The lowest BCUT2D eigenvalue weighted by Crippen LogP contribution is -2.17. The van der Waals surface area contributed by atoms with E-state index in [-0.39, 0.29) is 0 Å². The highest BCUT2D eigenvalue weighted by Crippen LogP contribution is 2.26. The summed E-state index contributed by atoms with van der Waals surface area (Å²) in [5, 5.41) is 6.87. The van der Waals surface area contributed by atoms with Crippen molar-refractivity contribution in [2.24, 2.45) is 0 Å². The Bertz CT molecular complexity index is 814. The number of pyridine rings is 1. The van der Waals surface area contributed by atoms with E-state index in [1.165, 1.54) is 25.7 Å². The van der Waals surface area contributed by atoms with Crippen LogP contribution in [0.25, 0.3) is 11.3 Å². The molecular weight excluding hydrogens is 310 g/mol. The molecule has 0 amide bonds. The Morgan fingerprint density at radius 1 is 0.880 bits per heavy atom. The first kappa shape index (κ1) is 15.6. The van der Waals surface area contributed by atoms with Crippen LogP contribution in [0.15, 0.2) is 60.9 Å². The van der Waals surface area contributed by atoms with Gasteiger partial charge in [0.05, 0.1) is 5.69 Å². The van der Waals surface area contributed by atoms with Crippen LogP contribution < -0.4 is 10.6 Å². The van der Waals surface area contributed by atoms with E-state index in [2.05, 4.69) is 20.6 Å². The molecule has 1 saturated carbocycles. The third-order valence-electron chi connectivity index (χ3n) is 4.44. The van der Waals surface area contributed by atoms with Crippen molar-refractivity contribution in [3.8, 4) is 11.3 Å². The number of rotatable bonds is 5. The molecule has 0 spiro atoms. The van der Waals surface area contributed by atoms with Crippen LogP contribution in [0, 0.1) is 0 Å². The standard InChI is InChI=1S/C20H21N5/c1-2-6-16(7-3-1)22-19-14-18(15-10-12-21-13-11-15)24-20(25-19)23-17-8-4-5-9-17/h1-3,6-7,10-14,17H,4-5,8-9H2,(H2,22,23,24,25). The van der Waals surface area contributed by atoms with E-state index in [1.54, 1.807) is 12.4 Å². The Balaban J connectivity index is 1.66. The van der Waals surface area contributed by atoms with Crippen molar-refractivity contribution in [3.05, 3.63) is 60.9 Å². The van der Waals surface area contributed by atoms with Gasteiger partial charge in [-0.05, 0) is 37.1 Å². The van der Waals surface area contributed by atoms with Crippen molar-refractivity contribution in [1.82, 2.24) is 15.0 Å². The number of anilines is 3. The van der Waals surface area contributed by atoms with E-state index >= 15 is 0 Å². The zero-order valence-electron chi connectivity index (χ0n) is 14.0. The molecule has 25 heavy (non-hydrogen) atoms. The van der Waals surface area contributed by atoms with E-state index in [9.17, 15) is 0 Å². The Labute approximate surface area is 147 Å². The molecule has 5 heteroatoms. The lowest BCUT2D eigenvalue weighted by Gasteiger charge is -2.15. The summed E-state index contributed by atoms with van der Waals surface area (Å²) >= 11 is 0. The number of hydrogen-bond donors (Lipinski definition) is 2. The molecule has 0 atom stereocenters. The minimum absolute atomic E-state index is 0.470. The maximum atomic E-state index is 4.72. The molecule has 2 heterocycles. The Morgan fingerprint density at radius 2 is 1.64 bits per heavy atom. The molecular formula is C20H21N5. The van der Waals surface area contributed by atoms with Gasteiger partial charge in [0.1, 0.15) is 5.82 Å². The summed E-state index contributed by atoms with van der Waals surface area (Å²) in [6.07, 6.45) is 8.49. The van der Waals surface area contributed by atoms with Crippen LogP contribution in [-0.4, -0.2) is 21.0 Å². The molecule has 0 aliphatic heterocycles. The molecule has 0 bridgehead atoms. The smallest absolute Gasteiger partial charge is 0.225 e. The summed E-state index contributed by atoms with van der Waals surface area (Å²) < 4.78 is 0. The molecule has 0 unspecified atom stereocenters. The monoisotopic (exact) mass is 331 g/mol. The van der Waals surface area contributed by atoms with Gasteiger partial charge >= 0.3 is 0 Å². The predicted octanol–water partition coefficient (Wildman–Crippen LogP) is 4.64. The van der Waals surface area contributed by atoms with Gasteiger partial charge in [-0.1, -0.05) is 31.0 Å². The van der Waals surface area contributed by atoms with Crippen LogP contribution in [0.4, 0.5) is 17.5 Å². The number of nitrogens with zero attached hydrogens (tertiary/aromatic N) is 3. The highest BCUT2D eigenvalue weighted by Gasteiger charge is 2.16. The molecule has 3 aromatic rings. The van der Waals surface area contributed by atoms with Crippen LogP contribution in [0.5, 0.6) is 0 Å². The minimum Gasteiger partial charge on any atom is -0.351 e. The maximum absolute atomic E-state index is 4.72. The van der Waals surface area contributed by atoms with Gasteiger partial charge in [-0.15, -0.1) is 0 Å². The number of benzene rings is 1. The molecule has 1 aliphatic carbocycles. The molecule has 0 saturated heterocycles. The fraction of sp³-hybridized carbons (Fsp3) is 0.250. The van der Waals surface area contributed by atoms with Crippen molar-refractivity contribution in [2.45, 2.75) is 31.7 Å². The quantitative estimate of drug-likeness (QED) is 0.713. The highest BCUT2D eigenvalue weighted by molar-refractivity contribution is 5.67. The third kappa shape index (κ3) is 3.94. The topological polar surface area (TPSA) is 62.7 Å². The average Bonchev–Trinajstić information content (AvgIpc) is 3.16. The first-order valence-electron chi connectivity index (χ1n) is 8.75. The van der Waals surface area contributed by atoms with Crippen molar-refractivity contribution >= 4 is 17.5 Å². The second-order valence-electron chi connectivity index (χ2n) is 6.31. The number of nitrogens with one attached hydrogen (secondary N) is 2. The largest absolute Gasteiger partial charge is 0.351 e. The minimum atomic E-state index is 0.470. The van der Waals surface area contributed by atoms with Gasteiger partial charge in [0.2, 0.25) is 5.95 Å². The van der Waals surface area contributed by atoms with E-state index in [1.807, 2.05) is 48.5 Å². The molecule has 5 nitrogen and oxygen atoms in total. The van der Waals surface area contributed by atoms with Crippen molar-refractivity contribution in [2.75, 3.05) is 10.6 Å². The second kappa shape index (κ2) is 7.30. The molecule has 1 fully saturated rings. The van der Waals surface area contributed by atoms with Crippen LogP contribution >= 0.6 is 0 Å². The van der Waals surface area contributed by atoms with E-state index in [0.717, 1.165) is 22.8 Å². The number of aromatic nitrogens is 3. The van der Waals surface area contributed by atoms with Crippen LogP contribution in [0.1, 0.15) is 25.7 Å². The summed E-state index contributed by atoms with van der Waals surface area (Å²) in [6.45, 7) is 0. The Hall–Kier alpha value is -2.95. The van der Waals surface area contributed by atoms with E-state index in [4.69, 9.17) is 4.98 Å². The SMILES string of the molecule is c1ccc(Nc2cc(-c3ccncc3)nc(NC3CCCC3)n2)cc1. The molecule has 2 aromatic heterocycles. The van der Waals surface area contributed by atoms with E-state index < -0.39 is 0 Å². The van der Waals surface area contributed by atoms with Crippen molar-refractivity contribution in [1.29, 1.82) is 0 Å². The summed E-state index contributed by atoms with van der Waals surface area (Å²) in [4.78, 5) is 13.5. The van der Waals surface area contributed by atoms with Gasteiger partial charge in [0.25, 0.3) is 0 Å². The zero-order chi connectivity index (χ0) is 16.9. The second-order valence-corrected chi connectivity index (χ2v) is 6.31. The normalized spacial score (nSPS) is 14.4. The lowest BCUT2D eigenvalue weighted by atomic mass is 10.2. The van der Waals surface area contributed by atoms with E-state index in [0.29, 0.717) is 12.0 Å². The molecule has 1 aromatic carbocycles. The van der Waals surface area contributed by atoms with Gasteiger partial charge in [0, 0.05) is 35.8 Å². The fourth-order valence-electron chi connectivity index (χ4n) is 3.17. The van der Waals surface area contributed by atoms with Gasteiger partial charge in [-0.25, -0.2) is 4.98 Å². The van der Waals surface area contributed by atoms with Crippen LogP contribution in [0.2, 0.25) is 0 Å². The number of para-hydroxylation sites is 1. The molecule has 2 N–H and O–H groups in total. The zero-order valence-corrected chi connectivity index (χ0v) is 14.0. The third-order valence-corrected chi connectivity index (χ3v) is 4.44. The summed E-state index contributed by atoms with van der Waals surface area (Å²) in [5.74, 6) is 1.47. The molecule has 0 radical (unpaired) electrons. The van der Waals surface area contributed by atoms with Gasteiger partial charge < -0.3 is 10.6 Å². The van der Waals surface area contributed by atoms with Gasteiger partial charge in [-0.3, -0.25) is 4.98 Å². The fourth-order valence-corrected chi connectivity index (χ4v) is 3.17. The van der Waals surface area contributed by atoms with Crippen molar-refractivity contribution < 1.29 is 0 Å². The first-order chi connectivity index (χ1) is 12.4. The van der Waals surface area contributed by atoms with Crippen LogP contribution in [0.3, 0.4) is 0 Å². The number of hydrogen-bond acceptors (Lipinski definition) is 5. The van der Waals surface area contributed by atoms with Crippen LogP contribution in [-0.2, 0) is 0 Å². The molecule has 1 aliphatic rings. The maximum Gasteiger partial charge on any atom is 0.225 e. The molecule has 126 valence electrons. The van der Waals surface area contributed by atoms with Gasteiger partial charge in [0.15, 0.2) is 0 Å². The van der Waals surface area contributed by atoms with Gasteiger partial charge in [-0.2, -0.15) is 4.98 Å².